The molecule has 1 saturated heterocycles. The first-order chi connectivity index (χ1) is 44.0. The zero-order valence-electron chi connectivity index (χ0n) is 62.7. The molecule has 0 saturated carbocycles. The molecule has 0 aromatic rings. The van der Waals surface area contributed by atoms with E-state index in [0.29, 0.717) is 31.0 Å². The van der Waals surface area contributed by atoms with Crippen LogP contribution < -0.4 is 21.3 Å². The van der Waals surface area contributed by atoms with E-state index in [0.717, 1.165) is 21.6 Å². The number of ether oxygens (including phenoxy) is 1. The molecule has 5 N–H and O–H groups in total. The van der Waals surface area contributed by atoms with Crippen LogP contribution in [-0.2, 0) is 57.5 Å². The number of allylic oxidation sites excluding steroid dienone is 3. The fraction of sp³-hybridized carbons (Fsp3) is 0.783. The van der Waals surface area contributed by atoms with Gasteiger partial charge in [-0.3, -0.25) is 52.7 Å². The predicted molar refractivity (Wildman–Crippen MR) is 374 cm³/mol. The zero-order valence-corrected chi connectivity index (χ0v) is 63.6. The van der Waals surface area contributed by atoms with Crippen LogP contribution in [-0.4, -0.2) is 269 Å². The van der Waals surface area contributed by atoms with E-state index in [1.54, 1.807) is 88.3 Å². The Morgan fingerprint density at radius 3 is 1.57 bits per heavy atom. The summed E-state index contributed by atoms with van der Waals surface area (Å²) in [5, 5.41) is 22.1. The van der Waals surface area contributed by atoms with Gasteiger partial charge >= 0.3 is 0 Å². The smallest absolute Gasteiger partial charge is 0.256 e. The number of rotatable bonds is 21. The highest BCUT2D eigenvalue weighted by atomic mass is 32.2. The summed E-state index contributed by atoms with van der Waals surface area (Å²) in [4.78, 5) is 175. The Kier molecular flexibility index (Phi) is 36.5. The second kappa shape index (κ2) is 39.9. The Bertz CT molecular complexity index is 2650. The molecule has 11 amide bonds. The molecule has 1 aliphatic rings. The average Bonchev–Trinajstić information content (AvgIpc) is 0.810. The van der Waals surface area contributed by atoms with E-state index < -0.39 is 160 Å². The number of aliphatic hydroxyl groups excluding tert-OH is 1. The number of aliphatic hydroxyl groups is 1. The summed E-state index contributed by atoms with van der Waals surface area (Å²) in [6.07, 6.45) is 4.04. The van der Waals surface area contributed by atoms with Crippen molar-refractivity contribution in [1.29, 1.82) is 0 Å². The number of nitrogens with zero attached hydrogens (tertiary/aromatic N) is 8. The third kappa shape index (κ3) is 24.7. The molecule has 1 aliphatic heterocycles. The number of nitrogens with one attached hydrogen (secondary N) is 4. The van der Waals surface area contributed by atoms with Gasteiger partial charge < -0.3 is 70.3 Å². The molecule has 0 aromatic carbocycles. The van der Waals surface area contributed by atoms with Crippen LogP contribution in [0.25, 0.3) is 0 Å². The summed E-state index contributed by atoms with van der Waals surface area (Å²) in [5.41, 5.74) is -0.402. The Hall–Kier alpha value is -6.12. The van der Waals surface area contributed by atoms with Gasteiger partial charge in [-0.1, -0.05) is 107 Å². The molecule has 544 valence electrons. The number of hydrogen-bond donors (Lipinski definition) is 5. The molecule has 1 rings (SSSR count). The summed E-state index contributed by atoms with van der Waals surface area (Å²) in [6.45, 7) is 35.2. The Morgan fingerprint density at radius 1 is 0.579 bits per heavy atom. The monoisotopic (exact) mass is 1360 g/mol. The van der Waals surface area contributed by atoms with Gasteiger partial charge in [0, 0.05) is 75.2 Å². The van der Waals surface area contributed by atoms with Gasteiger partial charge in [0.15, 0.2) is 5.37 Å². The highest BCUT2D eigenvalue weighted by molar-refractivity contribution is 8.00. The third-order valence-corrected chi connectivity index (χ3v) is 19.3. The summed E-state index contributed by atoms with van der Waals surface area (Å²) in [5.74, 6) is -9.69. The summed E-state index contributed by atoms with van der Waals surface area (Å²) in [6, 6.07) is -13.1. The molecule has 25 nitrogen and oxygen atoms in total. The second-order valence-corrected chi connectivity index (χ2v) is 29.3. The SMILES string of the molecule is C/C=C/C[C@@H](C)[C@@H](O)[C@H]1C(=O)N[C@H](CC)C(=O)N(C)[C@H](SCCN(CC)CC)C(=O)N(C)[C@@H](CC(C)(C)OC)C(=O)N[C@H](C(C)C)C(=O)N(C)[C@H](CC(C)C)C(=O)N[C@H](C)C(=O)N[C@@H](C)C(=O)N(C)[C@@H](C=C(C)C)C(=O)N(C)[C@H](CC(C)C)C(=O)N(C)[C@H](C(C)C)C(=O)N1C. The molecule has 0 aromatic heterocycles. The van der Waals surface area contributed by atoms with E-state index in [9.17, 15) is 24.3 Å². The van der Waals surface area contributed by atoms with Crippen molar-refractivity contribution in [2.45, 2.75) is 241 Å². The second-order valence-electron chi connectivity index (χ2n) is 28.1. The first kappa shape index (κ1) is 86.9. The first-order valence-corrected chi connectivity index (χ1v) is 34.9. The maximum Gasteiger partial charge on any atom is 0.256 e. The van der Waals surface area contributed by atoms with Crippen LogP contribution in [0.15, 0.2) is 23.8 Å². The van der Waals surface area contributed by atoms with Crippen molar-refractivity contribution in [1.82, 2.24) is 60.5 Å². The van der Waals surface area contributed by atoms with E-state index in [-0.39, 0.29) is 43.9 Å². The Balaban J connectivity index is 4.63. The minimum absolute atomic E-state index is 0.0169. The predicted octanol–water partition coefficient (Wildman–Crippen LogP) is 4.36. The zero-order chi connectivity index (χ0) is 73.6. The van der Waals surface area contributed by atoms with Gasteiger partial charge in [-0.05, 0) is 117 Å². The van der Waals surface area contributed by atoms with E-state index in [1.807, 2.05) is 47.6 Å². The molecule has 1 fully saturated rings. The number of thioether (sulfide) groups is 1. The van der Waals surface area contributed by atoms with Gasteiger partial charge in [0.25, 0.3) is 5.91 Å². The maximum absolute atomic E-state index is 15.5. The number of carbonyl (C=O) groups is 11. The van der Waals surface area contributed by atoms with Crippen LogP contribution in [0, 0.1) is 29.6 Å². The lowest BCUT2D eigenvalue weighted by atomic mass is 9.91. The third-order valence-electron chi connectivity index (χ3n) is 18.0. The summed E-state index contributed by atoms with van der Waals surface area (Å²) >= 11 is 1.16. The topological polar surface area (TPSA) is 291 Å². The molecule has 13 atom stereocenters. The minimum atomic E-state index is -1.66. The molecular formula is C69H124N12O13S. The van der Waals surface area contributed by atoms with Crippen molar-refractivity contribution in [3.63, 3.8) is 0 Å². The van der Waals surface area contributed by atoms with Crippen molar-refractivity contribution in [2.24, 2.45) is 29.6 Å². The lowest BCUT2D eigenvalue weighted by molar-refractivity contribution is -0.157. The van der Waals surface area contributed by atoms with Crippen molar-refractivity contribution < 1.29 is 62.6 Å². The quantitative estimate of drug-likeness (QED) is 0.0999. The molecule has 26 heteroatoms. The van der Waals surface area contributed by atoms with Crippen LogP contribution in [0.4, 0.5) is 0 Å². The Labute approximate surface area is 573 Å². The number of carbonyl (C=O) groups excluding carboxylic acids is 11. The fourth-order valence-electron chi connectivity index (χ4n) is 11.5. The van der Waals surface area contributed by atoms with Crippen LogP contribution in [0.5, 0.6) is 0 Å². The molecule has 0 aliphatic carbocycles. The lowest BCUT2D eigenvalue weighted by Crippen LogP contribution is -2.64. The number of amides is 11. The standard InChI is InChI=1S/C69H124N12O13S/c1-28-32-33-45(15)56(82)55-60(86)72-48(29-2)62(88)80(26)68(95-35-34-81(30-3)31-4)67(93)77(23)52(39-69(18,19)94-27)59(85)73-53(43(11)12)65(91)74(20)49(36-40(5)6)58(84)70-46(16)57(83)71-47(17)61(87)75(21)50(37-41(7)8)63(89)76(22)51(38-42(9)10)64(90)78(24)54(44(13)14)66(92)79(55)25/h28,32,37,40,42-56,68,82H,29-31,33-36,38-39H2,1-27H3,(H,70,84)(H,71,83)(H,72,86)(H,73,85)/b32-28+/t45-,46-,47+,48-,49-,50+,51-,52+,53-,54-,55+,56-,68-/m1/s1. The highest BCUT2D eigenvalue weighted by Gasteiger charge is 2.47. The average molecular weight is 1360 g/mol. The fourth-order valence-corrected chi connectivity index (χ4v) is 12.8. The first-order valence-electron chi connectivity index (χ1n) is 33.9. The van der Waals surface area contributed by atoms with E-state index >= 15 is 33.6 Å². The van der Waals surface area contributed by atoms with Gasteiger partial charge in [-0.2, -0.15) is 0 Å². The van der Waals surface area contributed by atoms with Gasteiger partial charge in [0.2, 0.25) is 59.1 Å². The molecule has 95 heavy (non-hydrogen) atoms. The van der Waals surface area contributed by atoms with Gasteiger partial charge in [0.05, 0.1) is 11.7 Å². The van der Waals surface area contributed by atoms with Crippen molar-refractivity contribution >= 4 is 76.7 Å². The number of hydrogen-bond acceptors (Lipinski definition) is 15. The highest BCUT2D eigenvalue weighted by Crippen LogP contribution is 2.28. The molecule has 0 spiro atoms. The van der Waals surface area contributed by atoms with Crippen LogP contribution in [0.2, 0.25) is 0 Å². The molecular weight excluding hydrogens is 1240 g/mol. The maximum atomic E-state index is 15.5. The molecule has 1 heterocycles. The van der Waals surface area contributed by atoms with Gasteiger partial charge in [-0.15, -0.1) is 11.8 Å². The van der Waals surface area contributed by atoms with Crippen LogP contribution >= 0.6 is 11.8 Å². The van der Waals surface area contributed by atoms with Crippen molar-refractivity contribution in [3.05, 3.63) is 23.8 Å². The van der Waals surface area contributed by atoms with Crippen molar-refractivity contribution in [3.8, 4) is 0 Å². The Morgan fingerprint density at radius 2 is 1.08 bits per heavy atom. The largest absolute Gasteiger partial charge is 0.390 e. The molecule has 0 unspecified atom stereocenters. The van der Waals surface area contributed by atoms with Crippen molar-refractivity contribution in [2.75, 3.05) is 81.8 Å². The van der Waals surface area contributed by atoms with E-state index in [2.05, 4.69) is 26.2 Å². The minimum Gasteiger partial charge on any atom is -0.390 e. The molecule has 0 radical (unpaired) electrons. The van der Waals surface area contributed by atoms with E-state index in [4.69, 9.17) is 4.74 Å². The molecule has 0 bridgehead atoms. The van der Waals surface area contributed by atoms with Crippen LogP contribution in [0.1, 0.15) is 164 Å². The van der Waals surface area contributed by atoms with Gasteiger partial charge in [-0.25, -0.2) is 0 Å². The number of likely N-dealkylation sites (N-methyl/N-ethyl adjacent to an activating group) is 7. The lowest BCUT2D eigenvalue weighted by Gasteiger charge is -2.41. The summed E-state index contributed by atoms with van der Waals surface area (Å²) < 4.78 is 5.84. The van der Waals surface area contributed by atoms with Gasteiger partial charge in [0.1, 0.15) is 60.4 Å². The summed E-state index contributed by atoms with van der Waals surface area (Å²) in [7, 11) is 11.4. The normalized spacial score (nSPS) is 26.2. The van der Waals surface area contributed by atoms with E-state index in [1.165, 1.54) is 94.8 Å². The van der Waals surface area contributed by atoms with Crippen LogP contribution in [0.3, 0.4) is 0 Å². The number of methoxy groups -OCH3 is 1.